The summed E-state index contributed by atoms with van der Waals surface area (Å²) in [4.78, 5) is 27.8. The normalized spacial score (nSPS) is 16.6. The number of aromatic amines is 1. The van der Waals surface area contributed by atoms with Crippen molar-refractivity contribution in [2.24, 2.45) is 0 Å². The zero-order valence-electron chi connectivity index (χ0n) is 19.0. The van der Waals surface area contributed by atoms with E-state index < -0.39 is 0 Å². The van der Waals surface area contributed by atoms with Gasteiger partial charge in [0.1, 0.15) is 0 Å². The van der Waals surface area contributed by atoms with Crippen LogP contribution in [0.25, 0.3) is 22.2 Å². The molecule has 1 saturated heterocycles. The van der Waals surface area contributed by atoms with Crippen LogP contribution in [0.15, 0.2) is 60.9 Å². The number of carbonyl (C=O) groups is 1. The molecule has 0 atom stereocenters. The molecule has 34 heavy (non-hydrogen) atoms. The molecule has 1 amide bonds. The van der Waals surface area contributed by atoms with Crippen LogP contribution in [0.1, 0.15) is 47.5 Å². The van der Waals surface area contributed by atoms with Gasteiger partial charge in [-0.25, -0.2) is 9.97 Å². The maximum absolute atomic E-state index is 12.8. The molecule has 0 bridgehead atoms. The Labute approximate surface area is 198 Å². The average Bonchev–Trinajstić information content (AvgIpc) is 3.63. The van der Waals surface area contributed by atoms with E-state index in [0.29, 0.717) is 36.2 Å². The van der Waals surface area contributed by atoms with E-state index in [1.165, 1.54) is 23.8 Å². The molecule has 7 heteroatoms. The number of rotatable bonds is 5. The summed E-state index contributed by atoms with van der Waals surface area (Å²) in [5, 5.41) is 4.72. The molecule has 0 radical (unpaired) electrons. The number of nitrogens with two attached hydrogens (primary N) is 1. The van der Waals surface area contributed by atoms with E-state index in [0.717, 1.165) is 29.6 Å². The second kappa shape index (κ2) is 8.48. The Hall–Kier alpha value is -3.87. The van der Waals surface area contributed by atoms with E-state index in [2.05, 4.69) is 39.7 Å². The summed E-state index contributed by atoms with van der Waals surface area (Å²) < 4.78 is 0. The number of H-pyrrole nitrogens is 1. The number of piperidine rings is 1. The number of hydrogen-bond acceptors (Lipinski definition) is 5. The van der Waals surface area contributed by atoms with Crippen molar-refractivity contribution in [3.8, 4) is 11.3 Å². The number of amides is 1. The third-order valence-corrected chi connectivity index (χ3v) is 6.95. The molecule has 3 heterocycles. The topological polar surface area (TPSA) is 99.9 Å². The number of aromatic nitrogens is 3. The Morgan fingerprint density at radius 1 is 1.03 bits per heavy atom. The van der Waals surface area contributed by atoms with Crippen LogP contribution in [0.3, 0.4) is 0 Å². The standard InChI is InChI=1S/C27H28N6O/c28-19-9-7-18(8-10-19)26(34)33-13-11-20(12-14-33)31-27-30-15-22(17-5-6-17)25(32-27)23-16-29-24-4-2-1-3-21(23)24/h1-4,7-10,15-17,20,29H,5-6,11-14,28H2,(H,30,31,32). The molecule has 0 spiro atoms. The van der Waals surface area contributed by atoms with E-state index in [1.807, 2.05) is 17.2 Å². The number of likely N-dealkylation sites (tertiary alicyclic amines) is 1. The highest BCUT2D eigenvalue weighted by atomic mass is 16.2. The molecule has 172 valence electrons. The average molecular weight is 453 g/mol. The van der Waals surface area contributed by atoms with Crippen molar-refractivity contribution in [1.29, 1.82) is 0 Å². The monoisotopic (exact) mass is 452 g/mol. The first-order valence-electron chi connectivity index (χ1n) is 12.0. The molecule has 1 saturated carbocycles. The van der Waals surface area contributed by atoms with Crippen LogP contribution in [0.5, 0.6) is 0 Å². The minimum absolute atomic E-state index is 0.0603. The van der Waals surface area contributed by atoms with Crippen LogP contribution < -0.4 is 11.1 Å². The van der Waals surface area contributed by atoms with E-state index in [9.17, 15) is 4.79 Å². The third-order valence-electron chi connectivity index (χ3n) is 6.95. The summed E-state index contributed by atoms with van der Waals surface area (Å²) in [5.41, 5.74) is 11.6. The zero-order valence-corrected chi connectivity index (χ0v) is 19.0. The number of carbonyl (C=O) groups excluding carboxylic acids is 1. The molecular weight excluding hydrogens is 424 g/mol. The van der Waals surface area contributed by atoms with Gasteiger partial charge in [-0.15, -0.1) is 0 Å². The van der Waals surface area contributed by atoms with Gasteiger partial charge in [-0.3, -0.25) is 4.79 Å². The molecule has 1 aliphatic carbocycles. The zero-order chi connectivity index (χ0) is 23.1. The van der Waals surface area contributed by atoms with E-state index in [1.54, 1.807) is 24.3 Å². The number of nitrogen functional groups attached to an aromatic ring is 1. The molecule has 7 nitrogen and oxygen atoms in total. The van der Waals surface area contributed by atoms with Crippen LogP contribution in [0.2, 0.25) is 0 Å². The maximum atomic E-state index is 12.8. The fraction of sp³-hybridized carbons (Fsp3) is 0.296. The Morgan fingerprint density at radius 2 is 1.79 bits per heavy atom. The molecule has 6 rings (SSSR count). The molecule has 2 aliphatic rings. The van der Waals surface area contributed by atoms with Crippen molar-refractivity contribution < 1.29 is 4.79 Å². The summed E-state index contributed by atoms with van der Waals surface area (Å²) in [6.07, 6.45) is 8.18. The van der Waals surface area contributed by atoms with Gasteiger partial charge in [-0.05, 0) is 61.9 Å². The summed E-state index contributed by atoms with van der Waals surface area (Å²) >= 11 is 0. The third kappa shape index (κ3) is 3.98. The largest absolute Gasteiger partial charge is 0.399 e. The fourth-order valence-corrected chi connectivity index (χ4v) is 4.85. The summed E-state index contributed by atoms with van der Waals surface area (Å²) in [6, 6.07) is 15.7. The molecule has 2 aromatic heterocycles. The second-order valence-corrected chi connectivity index (χ2v) is 9.35. The molecule has 2 aromatic carbocycles. The van der Waals surface area contributed by atoms with Crippen LogP contribution in [0.4, 0.5) is 11.6 Å². The molecule has 4 aromatic rings. The smallest absolute Gasteiger partial charge is 0.253 e. The van der Waals surface area contributed by atoms with E-state index >= 15 is 0 Å². The molecule has 2 fully saturated rings. The first kappa shape index (κ1) is 20.7. The van der Waals surface area contributed by atoms with Gasteiger partial charge in [0, 0.05) is 64.8 Å². The number of para-hydroxylation sites is 1. The van der Waals surface area contributed by atoms with E-state index in [-0.39, 0.29) is 11.9 Å². The van der Waals surface area contributed by atoms with Gasteiger partial charge in [0.25, 0.3) is 5.91 Å². The van der Waals surface area contributed by atoms with Crippen molar-refractivity contribution in [3.05, 3.63) is 72.1 Å². The summed E-state index contributed by atoms with van der Waals surface area (Å²) in [5.74, 6) is 1.28. The summed E-state index contributed by atoms with van der Waals surface area (Å²) in [6.45, 7) is 1.41. The Morgan fingerprint density at radius 3 is 2.56 bits per heavy atom. The predicted molar refractivity (Wildman–Crippen MR) is 135 cm³/mol. The van der Waals surface area contributed by atoms with Crippen molar-refractivity contribution in [1.82, 2.24) is 19.9 Å². The van der Waals surface area contributed by atoms with Crippen molar-refractivity contribution in [3.63, 3.8) is 0 Å². The predicted octanol–water partition coefficient (Wildman–Crippen LogP) is 4.80. The van der Waals surface area contributed by atoms with E-state index in [4.69, 9.17) is 10.7 Å². The van der Waals surface area contributed by atoms with Crippen LogP contribution in [-0.4, -0.2) is 44.9 Å². The number of nitrogens with one attached hydrogen (secondary N) is 2. The molecule has 4 N–H and O–H groups in total. The van der Waals surface area contributed by atoms with Crippen molar-refractivity contribution in [2.75, 3.05) is 24.1 Å². The lowest BCUT2D eigenvalue weighted by molar-refractivity contribution is 0.0718. The second-order valence-electron chi connectivity index (χ2n) is 9.35. The highest BCUT2D eigenvalue weighted by molar-refractivity contribution is 5.96. The number of hydrogen-bond donors (Lipinski definition) is 3. The van der Waals surface area contributed by atoms with Crippen LogP contribution in [0, 0.1) is 0 Å². The van der Waals surface area contributed by atoms with Crippen molar-refractivity contribution in [2.45, 2.75) is 37.6 Å². The minimum Gasteiger partial charge on any atom is -0.399 e. The Bertz CT molecular complexity index is 1330. The maximum Gasteiger partial charge on any atom is 0.253 e. The van der Waals surface area contributed by atoms with Gasteiger partial charge in [0.15, 0.2) is 0 Å². The van der Waals surface area contributed by atoms with Gasteiger partial charge in [-0.1, -0.05) is 18.2 Å². The molecule has 1 aliphatic heterocycles. The highest BCUT2D eigenvalue weighted by Crippen LogP contribution is 2.44. The number of fused-ring (bicyclic) bond motifs is 1. The molecule has 0 unspecified atom stereocenters. The van der Waals surface area contributed by atoms with Crippen LogP contribution >= 0.6 is 0 Å². The van der Waals surface area contributed by atoms with Gasteiger partial charge in [-0.2, -0.15) is 0 Å². The highest BCUT2D eigenvalue weighted by Gasteiger charge is 2.29. The summed E-state index contributed by atoms with van der Waals surface area (Å²) in [7, 11) is 0. The van der Waals surface area contributed by atoms with Crippen molar-refractivity contribution >= 4 is 28.4 Å². The number of anilines is 2. The lowest BCUT2D eigenvalue weighted by Crippen LogP contribution is -2.42. The lowest BCUT2D eigenvalue weighted by Gasteiger charge is -2.32. The number of benzene rings is 2. The quantitative estimate of drug-likeness (QED) is 0.378. The van der Waals surface area contributed by atoms with Gasteiger partial charge >= 0.3 is 0 Å². The number of nitrogens with zero attached hydrogens (tertiary/aromatic N) is 3. The van der Waals surface area contributed by atoms with Gasteiger partial charge in [0.05, 0.1) is 5.69 Å². The van der Waals surface area contributed by atoms with Crippen LogP contribution in [-0.2, 0) is 0 Å². The lowest BCUT2D eigenvalue weighted by atomic mass is 10.0. The Kier molecular flexibility index (Phi) is 5.17. The van der Waals surface area contributed by atoms with Gasteiger partial charge < -0.3 is 20.9 Å². The van der Waals surface area contributed by atoms with Gasteiger partial charge in [0.2, 0.25) is 5.95 Å². The first-order chi connectivity index (χ1) is 16.7. The molecular formula is C27H28N6O. The first-order valence-corrected chi connectivity index (χ1v) is 12.0. The minimum atomic E-state index is 0.0603. The Balaban J connectivity index is 1.18. The SMILES string of the molecule is Nc1ccc(C(=O)N2CCC(Nc3ncc(C4CC4)c(-c4c[nH]c5ccccc45)n3)CC2)cc1. The fourth-order valence-electron chi connectivity index (χ4n) is 4.85.